The molecule has 526 valence electrons. The van der Waals surface area contributed by atoms with Crippen LogP contribution in [0.2, 0.25) is 0 Å². The van der Waals surface area contributed by atoms with E-state index in [0.717, 1.165) is 48.5 Å². The fraction of sp³-hybridized carbons (Fsp3) is 0.714. The smallest absolute Gasteiger partial charge is 0.328 e. The summed E-state index contributed by atoms with van der Waals surface area (Å²) in [6, 6.07) is -28.1. The summed E-state index contributed by atoms with van der Waals surface area (Å²) < 4.78 is 0. The highest BCUT2D eigenvalue weighted by Crippen LogP contribution is 2.06. The van der Waals surface area contributed by atoms with Crippen LogP contribution in [0.4, 0.5) is 0 Å². The van der Waals surface area contributed by atoms with Gasteiger partial charge in [-0.1, -0.05) is 0 Å². The summed E-state index contributed by atoms with van der Waals surface area (Å²) in [5.74, 6) is -20.0. The zero-order valence-corrected chi connectivity index (χ0v) is 50.6. The van der Waals surface area contributed by atoms with Gasteiger partial charge >= 0.3 is 5.97 Å². The number of carbonyl (C=O) groups is 14. The van der Waals surface area contributed by atoms with E-state index in [1.165, 1.54) is 0 Å². The molecule has 0 spiro atoms. The minimum absolute atomic E-state index is 0.863. The van der Waals surface area contributed by atoms with Gasteiger partial charge in [-0.25, -0.2) is 4.79 Å². The van der Waals surface area contributed by atoms with Crippen molar-refractivity contribution in [2.75, 3.05) is 46.2 Å². The zero-order valence-electron chi connectivity index (χ0n) is 50.6. The number of aliphatic carboxylic acids is 1. The summed E-state index contributed by atoms with van der Waals surface area (Å²) in [6.45, 7) is -1.79. The molecule has 0 aliphatic heterocycles. The standard InChI is InChI=1S/C49H86N14O29/c1-15(71)29(57-36(78)22(50)8-64)43(85)51-23(9-65)37(79)58-30(16(2)72)44(86)52-24(10-66)38(80)59-31(17(3)73)45(87)53-25(11-67)39(81)60-32(18(4)74)46(88)54-26(12-68)40(82)61-33(19(5)75)47(89)55-27(13-69)41(83)62-34(20(6)76)48(90)56-28(14-70)42(84)63-35(21(7)77)49(91)92/h15-35,64-77H,8-14,50H2,1-7H3,(H,51,85)(H,52,86)(H,53,87)(H,54,88)(H,55,89)(H,56,90)(H,57,78)(H,58,79)(H,59,80)(H,60,81)(H,61,82)(H,62,83)(H,63,84)(H,91,92). The van der Waals surface area contributed by atoms with Crippen molar-refractivity contribution < 1.29 is 144 Å². The van der Waals surface area contributed by atoms with Gasteiger partial charge in [0.1, 0.15) is 78.5 Å². The highest BCUT2D eigenvalue weighted by atomic mass is 16.4. The SMILES string of the molecule is CC(O)C(NC(=O)C(CO)NC(=O)C(NC(=O)C(CO)NC(=O)C(NC(=O)C(CO)NC(=O)C(NC(=O)C(CO)NC(=O)C(NC(=O)C(CO)NC(=O)C(NC(=O)C(CO)NC(=O)C(NC(=O)C(N)CO)C(C)O)C(C)O)C(C)O)C(C)O)C(C)O)C(C)O)C(=O)O. The molecule has 0 radical (unpaired) electrons. The van der Waals surface area contributed by atoms with Crippen LogP contribution >= 0.6 is 0 Å². The van der Waals surface area contributed by atoms with Crippen LogP contribution in [-0.4, -0.2) is 333 Å². The number of hydrogen-bond acceptors (Lipinski definition) is 29. The maximum atomic E-state index is 13.5. The first-order valence-corrected chi connectivity index (χ1v) is 27.7. The Morgan fingerprint density at radius 3 is 0.500 bits per heavy atom. The first kappa shape index (κ1) is 84.0. The van der Waals surface area contributed by atoms with Crippen molar-refractivity contribution in [3.05, 3.63) is 0 Å². The summed E-state index contributed by atoms with van der Waals surface area (Å²) in [5.41, 5.74) is 5.40. The summed E-state index contributed by atoms with van der Waals surface area (Å²) in [5, 5.41) is 175. The molecule has 0 rings (SSSR count). The lowest BCUT2D eigenvalue weighted by Crippen LogP contribution is -2.65. The van der Waals surface area contributed by atoms with Crippen LogP contribution in [0.5, 0.6) is 0 Å². The fourth-order valence-electron chi connectivity index (χ4n) is 7.42. The predicted molar refractivity (Wildman–Crippen MR) is 302 cm³/mol. The number of aliphatic hydroxyl groups excluding tert-OH is 14. The molecule has 13 amide bonds. The molecule has 43 nitrogen and oxygen atoms in total. The maximum Gasteiger partial charge on any atom is 0.328 e. The molecule has 0 saturated heterocycles. The summed E-state index contributed by atoms with van der Waals surface area (Å²) in [6.07, 6.45) is -12.7. The minimum atomic E-state index is -2.15. The van der Waals surface area contributed by atoms with Crippen LogP contribution in [0.25, 0.3) is 0 Å². The third-order valence-corrected chi connectivity index (χ3v) is 12.8. The average Bonchev–Trinajstić information content (AvgIpc) is 1.15. The molecular formula is C49H86N14O29. The summed E-state index contributed by atoms with van der Waals surface area (Å²) >= 11 is 0. The van der Waals surface area contributed by atoms with Crippen LogP contribution in [-0.2, 0) is 67.1 Å². The van der Waals surface area contributed by atoms with Crippen molar-refractivity contribution in [1.29, 1.82) is 0 Å². The highest BCUT2D eigenvalue weighted by Gasteiger charge is 2.40. The minimum Gasteiger partial charge on any atom is -0.480 e. The number of amides is 13. The number of nitrogens with two attached hydrogens (primary N) is 1. The number of hydrogen-bond donors (Lipinski definition) is 29. The largest absolute Gasteiger partial charge is 0.480 e. The van der Waals surface area contributed by atoms with Crippen molar-refractivity contribution in [2.45, 2.75) is 176 Å². The quantitative estimate of drug-likeness (QED) is 0.0270. The van der Waals surface area contributed by atoms with E-state index in [9.17, 15) is 139 Å². The average molecular weight is 1340 g/mol. The summed E-state index contributed by atoms with van der Waals surface area (Å²) in [7, 11) is 0. The molecule has 21 unspecified atom stereocenters. The van der Waals surface area contributed by atoms with Gasteiger partial charge in [0, 0.05) is 0 Å². The lowest BCUT2D eigenvalue weighted by atomic mass is 10.1. The fourth-order valence-corrected chi connectivity index (χ4v) is 7.42. The number of carboxylic acid groups (broad SMARTS) is 1. The Morgan fingerprint density at radius 2 is 0.380 bits per heavy atom. The van der Waals surface area contributed by atoms with Gasteiger partial charge in [0.2, 0.25) is 76.8 Å². The Labute approximate surface area is 522 Å². The van der Waals surface area contributed by atoms with Crippen molar-refractivity contribution in [1.82, 2.24) is 69.1 Å². The van der Waals surface area contributed by atoms with Gasteiger partial charge in [0.25, 0.3) is 0 Å². The molecule has 0 aliphatic rings. The van der Waals surface area contributed by atoms with Gasteiger partial charge in [-0.15, -0.1) is 0 Å². The maximum absolute atomic E-state index is 13.5. The molecule has 21 atom stereocenters. The van der Waals surface area contributed by atoms with E-state index < -0.39 is 256 Å². The molecule has 0 fully saturated rings. The third-order valence-electron chi connectivity index (χ3n) is 12.8. The number of aliphatic hydroxyl groups is 14. The third kappa shape index (κ3) is 26.7. The number of nitrogens with one attached hydrogen (secondary N) is 13. The van der Waals surface area contributed by atoms with E-state index in [1.807, 2.05) is 69.1 Å². The molecule has 0 aromatic carbocycles. The molecule has 30 N–H and O–H groups in total. The van der Waals surface area contributed by atoms with E-state index in [0.29, 0.717) is 0 Å². The van der Waals surface area contributed by atoms with Gasteiger partial charge in [-0.2, -0.15) is 0 Å². The Hall–Kier alpha value is -8.02. The van der Waals surface area contributed by atoms with Crippen LogP contribution in [0.1, 0.15) is 48.5 Å². The topological polar surface area (TPSA) is 725 Å². The van der Waals surface area contributed by atoms with Crippen molar-refractivity contribution in [3.8, 4) is 0 Å². The van der Waals surface area contributed by atoms with Gasteiger partial charge in [0.05, 0.1) is 89.0 Å². The molecule has 43 heteroatoms. The Kier molecular flexibility index (Phi) is 37.2. The lowest BCUT2D eigenvalue weighted by Gasteiger charge is -2.29. The highest BCUT2D eigenvalue weighted by molar-refractivity contribution is 6.00. The van der Waals surface area contributed by atoms with Gasteiger partial charge in [-0.05, 0) is 48.5 Å². The molecule has 0 saturated carbocycles. The molecular weight excluding hydrogens is 1250 g/mol. The second kappa shape index (κ2) is 40.8. The molecule has 0 bridgehead atoms. The molecule has 0 aliphatic carbocycles. The van der Waals surface area contributed by atoms with E-state index in [-0.39, 0.29) is 0 Å². The molecule has 92 heavy (non-hydrogen) atoms. The lowest BCUT2D eigenvalue weighted by molar-refractivity contribution is -0.145. The van der Waals surface area contributed by atoms with Crippen molar-refractivity contribution in [3.63, 3.8) is 0 Å². The van der Waals surface area contributed by atoms with Crippen LogP contribution in [0.3, 0.4) is 0 Å². The number of rotatable bonds is 41. The number of carbonyl (C=O) groups excluding carboxylic acids is 13. The van der Waals surface area contributed by atoms with Gasteiger partial charge in [0.15, 0.2) is 6.04 Å². The van der Waals surface area contributed by atoms with Gasteiger partial charge < -0.3 is 151 Å². The second-order valence-corrected chi connectivity index (χ2v) is 20.7. The second-order valence-electron chi connectivity index (χ2n) is 20.7. The number of carboxylic acids is 1. The van der Waals surface area contributed by atoms with E-state index >= 15 is 0 Å². The van der Waals surface area contributed by atoms with E-state index in [4.69, 9.17) is 10.8 Å². The zero-order chi connectivity index (χ0) is 71.3. The first-order chi connectivity index (χ1) is 42.7. The van der Waals surface area contributed by atoms with Crippen molar-refractivity contribution >= 4 is 82.8 Å². The van der Waals surface area contributed by atoms with Crippen LogP contribution in [0.15, 0.2) is 0 Å². The molecule has 0 heterocycles. The first-order valence-electron chi connectivity index (χ1n) is 27.7. The Morgan fingerprint density at radius 1 is 0.239 bits per heavy atom. The molecule has 0 aromatic rings. The van der Waals surface area contributed by atoms with Gasteiger partial charge in [-0.3, -0.25) is 62.3 Å². The monoisotopic (exact) mass is 1330 g/mol. The van der Waals surface area contributed by atoms with Crippen molar-refractivity contribution in [2.24, 2.45) is 5.73 Å². The van der Waals surface area contributed by atoms with E-state index in [2.05, 4.69) is 0 Å². The Bertz CT molecular complexity index is 2530. The Balaban J connectivity index is 6.17. The normalized spacial score (nSPS) is 18.2. The summed E-state index contributed by atoms with van der Waals surface area (Å²) in [4.78, 5) is 182. The molecule has 0 aromatic heterocycles. The van der Waals surface area contributed by atoms with Crippen LogP contribution < -0.4 is 74.9 Å². The van der Waals surface area contributed by atoms with E-state index in [1.54, 1.807) is 0 Å². The predicted octanol–water partition coefficient (Wildman–Crippen LogP) is -18.7. The van der Waals surface area contributed by atoms with Crippen LogP contribution in [0, 0.1) is 0 Å².